The lowest BCUT2D eigenvalue weighted by Crippen LogP contribution is -2.17. The Labute approximate surface area is 124 Å². The minimum Gasteiger partial charge on any atom is -0.305 e. The quantitative estimate of drug-likeness (QED) is 0.901. The van der Waals surface area contributed by atoms with Gasteiger partial charge in [0.2, 0.25) is 0 Å². The number of thiazole rings is 1. The van der Waals surface area contributed by atoms with Crippen LogP contribution in [0.15, 0.2) is 30.5 Å². The fourth-order valence-corrected chi connectivity index (χ4v) is 2.80. The Morgan fingerprint density at radius 1 is 1.35 bits per heavy atom. The molecule has 2 nitrogen and oxygen atoms in total. The second kappa shape index (κ2) is 6.02. The molecule has 0 saturated heterocycles. The number of aromatic nitrogens is 1. The summed E-state index contributed by atoms with van der Waals surface area (Å²) >= 11 is 1.73. The Kier molecular flexibility index (Phi) is 4.55. The van der Waals surface area contributed by atoms with Crippen molar-refractivity contribution in [1.82, 2.24) is 10.3 Å². The SMILES string of the molecule is C[C@H](NCc1cnc(C(C)(C)C)s1)c1cccc(F)c1. The molecule has 1 aromatic carbocycles. The number of benzene rings is 1. The number of halogens is 1. The van der Waals surface area contributed by atoms with Crippen LogP contribution >= 0.6 is 11.3 Å². The molecule has 4 heteroatoms. The van der Waals surface area contributed by atoms with Crippen molar-refractivity contribution in [1.29, 1.82) is 0 Å². The monoisotopic (exact) mass is 292 g/mol. The zero-order valence-corrected chi connectivity index (χ0v) is 13.2. The molecule has 2 aromatic rings. The zero-order chi connectivity index (χ0) is 14.8. The van der Waals surface area contributed by atoms with E-state index in [0.29, 0.717) is 0 Å². The minimum atomic E-state index is -0.191. The van der Waals surface area contributed by atoms with E-state index in [0.717, 1.165) is 17.1 Å². The van der Waals surface area contributed by atoms with E-state index in [9.17, 15) is 4.39 Å². The number of nitrogens with one attached hydrogen (secondary N) is 1. The third-order valence-electron chi connectivity index (χ3n) is 3.13. The van der Waals surface area contributed by atoms with E-state index in [-0.39, 0.29) is 17.3 Å². The molecule has 0 bridgehead atoms. The molecule has 0 radical (unpaired) electrons. The summed E-state index contributed by atoms with van der Waals surface area (Å²) in [5, 5.41) is 4.56. The second-order valence-electron chi connectivity index (χ2n) is 6.04. The fraction of sp³-hybridized carbons (Fsp3) is 0.438. The third-order valence-corrected chi connectivity index (χ3v) is 4.55. The fourth-order valence-electron chi connectivity index (χ4n) is 1.88. The molecule has 0 aliphatic heterocycles. The van der Waals surface area contributed by atoms with Crippen LogP contribution in [0.3, 0.4) is 0 Å². The Balaban J connectivity index is 1.97. The van der Waals surface area contributed by atoms with Gasteiger partial charge in [0.05, 0.1) is 5.01 Å². The maximum atomic E-state index is 13.2. The summed E-state index contributed by atoms with van der Waals surface area (Å²) in [6.45, 7) is 9.29. The predicted molar refractivity (Wildman–Crippen MR) is 82.5 cm³/mol. The van der Waals surface area contributed by atoms with Crippen LogP contribution in [0.5, 0.6) is 0 Å². The van der Waals surface area contributed by atoms with Gasteiger partial charge in [-0.15, -0.1) is 11.3 Å². The van der Waals surface area contributed by atoms with Gasteiger partial charge in [0.15, 0.2) is 0 Å². The number of hydrogen-bond acceptors (Lipinski definition) is 3. The van der Waals surface area contributed by atoms with Gasteiger partial charge in [-0.05, 0) is 24.6 Å². The van der Waals surface area contributed by atoms with Gasteiger partial charge in [-0.3, -0.25) is 0 Å². The number of hydrogen-bond donors (Lipinski definition) is 1. The molecule has 108 valence electrons. The van der Waals surface area contributed by atoms with E-state index in [1.807, 2.05) is 19.2 Å². The average molecular weight is 292 g/mol. The van der Waals surface area contributed by atoms with Crippen molar-refractivity contribution in [3.63, 3.8) is 0 Å². The van der Waals surface area contributed by atoms with Crippen molar-refractivity contribution in [2.75, 3.05) is 0 Å². The molecule has 1 heterocycles. The van der Waals surface area contributed by atoms with Gasteiger partial charge < -0.3 is 5.32 Å². The maximum absolute atomic E-state index is 13.2. The lowest BCUT2D eigenvalue weighted by Gasteiger charge is -2.14. The standard InChI is InChI=1S/C16H21FN2S/c1-11(12-6-5-7-13(17)8-12)18-9-14-10-19-15(20-14)16(2,3)4/h5-8,10-11,18H,9H2,1-4H3/t11-/m0/s1. The van der Waals surface area contributed by atoms with Gasteiger partial charge in [0.25, 0.3) is 0 Å². The summed E-state index contributed by atoms with van der Waals surface area (Å²) in [5.74, 6) is -0.191. The van der Waals surface area contributed by atoms with Crippen molar-refractivity contribution in [3.8, 4) is 0 Å². The summed E-state index contributed by atoms with van der Waals surface area (Å²) in [4.78, 5) is 5.68. The molecular formula is C16H21FN2S. The Bertz CT molecular complexity index is 572. The Morgan fingerprint density at radius 2 is 2.10 bits per heavy atom. The van der Waals surface area contributed by atoms with Crippen LogP contribution in [0.25, 0.3) is 0 Å². The first-order valence-corrected chi connectivity index (χ1v) is 7.62. The Morgan fingerprint density at radius 3 is 2.70 bits per heavy atom. The molecule has 0 fully saturated rings. The van der Waals surface area contributed by atoms with Gasteiger partial charge in [0, 0.05) is 29.1 Å². The van der Waals surface area contributed by atoms with E-state index in [1.54, 1.807) is 23.5 Å². The normalized spacial score (nSPS) is 13.4. The summed E-state index contributed by atoms with van der Waals surface area (Å²) < 4.78 is 13.2. The van der Waals surface area contributed by atoms with Gasteiger partial charge in [-0.1, -0.05) is 32.9 Å². The number of rotatable bonds is 4. The lowest BCUT2D eigenvalue weighted by atomic mass is 9.98. The summed E-state index contributed by atoms with van der Waals surface area (Å²) in [6, 6.07) is 6.84. The van der Waals surface area contributed by atoms with Crippen molar-refractivity contribution in [2.45, 2.75) is 45.7 Å². The van der Waals surface area contributed by atoms with Crippen LogP contribution < -0.4 is 5.32 Å². The van der Waals surface area contributed by atoms with E-state index in [4.69, 9.17) is 0 Å². The summed E-state index contributed by atoms with van der Waals surface area (Å²) in [5.41, 5.74) is 1.06. The molecule has 20 heavy (non-hydrogen) atoms. The topological polar surface area (TPSA) is 24.9 Å². The van der Waals surface area contributed by atoms with Gasteiger partial charge in [-0.25, -0.2) is 9.37 Å². The lowest BCUT2D eigenvalue weighted by molar-refractivity contribution is 0.568. The maximum Gasteiger partial charge on any atom is 0.123 e. The van der Waals surface area contributed by atoms with Gasteiger partial charge in [-0.2, -0.15) is 0 Å². The molecule has 0 spiro atoms. The van der Waals surface area contributed by atoms with Gasteiger partial charge in [0.1, 0.15) is 5.82 Å². The molecule has 0 saturated carbocycles. The predicted octanol–water partition coefficient (Wildman–Crippen LogP) is 4.43. The van der Waals surface area contributed by atoms with E-state index < -0.39 is 0 Å². The van der Waals surface area contributed by atoms with Crippen LogP contribution in [-0.4, -0.2) is 4.98 Å². The first-order valence-electron chi connectivity index (χ1n) is 6.80. The van der Waals surface area contributed by atoms with Crippen molar-refractivity contribution < 1.29 is 4.39 Å². The molecule has 0 aliphatic rings. The number of nitrogens with zero attached hydrogens (tertiary/aromatic N) is 1. The molecule has 0 unspecified atom stereocenters. The molecule has 1 aromatic heterocycles. The molecule has 0 aliphatic carbocycles. The van der Waals surface area contributed by atoms with Crippen molar-refractivity contribution >= 4 is 11.3 Å². The van der Waals surface area contributed by atoms with E-state index in [1.165, 1.54) is 10.9 Å². The molecule has 2 rings (SSSR count). The first-order chi connectivity index (χ1) is 9.36. The molecule has 1 N–H and O–H groups in total. The highest BCUT2D eigenvalue weighted by atomic mass is 32.1. The first kappa shape index (κ1) is 15.1. The summed E-state index contributed by atoms with van der Waals surface area (Å²) in [7, 11) is 0. The van der Waals surface area contributed by atoms with Crippen LogP contribution in [0.4, 0.5) is 4.39 Å². The largest absolute Gasteiger partial charge is 0.305 e. The van der Waals surface area contributed by atoms with Gasteiger partial charge >= 0.3 is 0 Å². The highest BCUT2D eigenvalue weighted by Gasteiger charge is 2.18. The highest BCUT2D eigenvalue weighted by Crippen LogP contribution is 2.27. The van der Waals surface area contributed by atoms with Crippen LogP contribution in [0.2, 0.25) is 0 Å². The third kappa shape index (κ3) is 3.87. The zero-order valence-electron chi connectivity index (χ0n) is 12.4. The van der Waals surface area contributed by atoms with Crippen molar-refractivity contribution in [3.05, 3.63) is 51.7 Å². The van der Waals surface area contributed by atoms with Crippen LogP contribution in [0.1, 0.15) is 49.2 Å². The molecule has 0 amide bonds. The Hall–Kier alpha value is -1.26. The smallest absolute Gasteiger partial charge is 0.123 e. The van der Waals surface area contributed by atoms with E-state index in [2.05, 4.69) is 31.1 Å². The summed E-state index contributed by atoms with van der Waals surface area (Å²) in [6.07, 6.45) is 1.93. The highest BCUT2D eigenvalue weighted by molar-refractivity contribution is 7.11. The molecule has 1 atom stereocenters. The average Bonchev–Trinajstić information content (AvgIpc) is 2.84. The van der Waals surface area contributed by atoms with Crippen LogP contribution in [0, 0.1) is 5.82 Å². The van der Waals surface area contributed by atoms with Crippen molar-refractivity contribution in [2.24, 2.45) is 0 Å². The second-order valence-corrected chi connectivity index (χ2v) is 7.15. The van der Waals surface area contributed by atoms with Crippen LogP contribution in [-0.2, 0) is 12.0 Å². The minimum absolute atomic E-state index is 0.0943. The molecular weight excluding hydrogens is 271 g/mol. The van der Waals surface area contributed by atoms with E-state index >= 15 is 0 Å².